The van der Waals surface area contributed by atoms with Crippen LogP contribution in [-0.4, -0.2) is 30.0 Å². The second kappa shape index (κ2) is 7.19. The number of hydrogen-bond donors (Lipinski definition) is 3. The van der Waals surface area contributed by atoms with E-state index in [1.54, 1.807) is 0 Å². The summed E-state index contributed by atoms with van der Waals surface area (Å²) >= 11 is 1.12. The molecule has 0 atom stereocenters. The predicted molar refractivity (Wildman–Crippen MR) is 106 cm³/mol. The van der Waals surface area contributed by atoms with Gasteiger partial charge in [-0.15, -0.1) is 11.3 Å². The van der Waals surface area contributed by atoms with Crippen LogP contribution in [0.3, 0.4) is 0 Å². The van der Waals surface area contributed by atoms with Crippen LogP contribution in [0.4, 0.5) is 26.0 Å². The van der Waals surface area contributed by atoms with Crippen LogP contribution in [-0.2, 0) is 10.0 Å². The molecule has 2 aromatic heterocycles. The summed E-state index contributed by atoms with van der Waals surface area (Å²) in [5, 5.41) is 3.60. The number of nitrogen functional groups attached to an aromatic ring is 1. The molecule has 2 heterocycles. The van der Waals surface area contributed by atoms with E-state index in [0.717, 1.165) is 36.3 Å². The summed E-state index contributed by atoms with van der Waals surface area (Å²) in [4.78, 5) is 20.4. The quantitative estimate of drug-likeness (QED) is 0.542. The number of hydrogen-bond acceptors (Lipinski definition) is 7. The molecule has 0 unspecified atom stereocenters. The van der Waals surface area contributed by atoms with Crippen LogP contribution in [0.2, 0.25) is 0 Å². The van der Waals surface area contributed by atoms with Crippen LogP contribution in [0.1, 0.15) is 23.2 Å². The number of anilines is 3. The van der Waals surface area contributed by atoms with Crippen molar-refractivity contribution in [2.45, 2.75) is 12.8 Å². The number of carbonyl (C=O) groups is 1. The van der Waals surface area contributed by atoms with E-state index in [9.17, 15) is 22.0 Å². The lowest BCUT2D eigenvalue weighted by Crippen LogP contribution is -2.20. The van der Waals surface area contributed by atoms with Crippen molar-refractivity contribution in [2.24, 2.45) is 5.92 Å². The first-order chi connectivity index (χ1) is 13.7. The predicted octanol–water partition coefficient (Wildman–Crippen LogP) is 2.96. The van der Waals surface area contributed by atoms with Gasteiger partial charge in [0.05, 0.1) is 27.2 Å². The number of halogens is 2. The Morgan fingerprint density at radius 1 is 1.28 bits per heavy atom. The number of benzene rings is 1. The van der Waals surface area contributed by atoms with Crippen molar-refractivity contribution < 1.29 is 22.0 Å². The topological polar surface area (TPSA) is 127 Å². The maximum Gasteiger partial charge on any atom is 0.258 e. The molecule has 29 heavy (non-hydrogen) atoms. The zero-order chi connectivity index (χ0) is 20.8. The van der Waals surface area contributed by atoms with Crippen molar-refractivity contribution in [3.05, 3.63) is 41.0 Å². The Kier molecular flexibility index (Phi) is 4.82. The van der Waals surface area contributed by atoms with Gasteiger partial charge in [0.25, 0.3) is 5.91 Å². The molecule has 1 aliphatic rings. The highest BCUT2D eigenvalue weighted by Crippen LogP contribution is 2.33. The molecule has 0 bridgehead atoms. The van der Waals surface area contributed by atoms with Gasteiger partial charge in [-0.1, -0.05) is 0 Å². The number of carbonyl (C=O) groups excluding carboxylic acids is 1. The molecule has 12 heteroatoms. The van der Waals surface area contributed by atoms with Gasteiger partial charge in [-0.2, -0.15) is 0 Å². The molecule has 1 saturated carbocycles. The molecule has 0 spiro atoms. The van der Waals surface area contributed by atoms with Gasteiger partial charge in [0.2, 0.25) is 10.0 Å². The Morgan fingerprint density at radius 3 is 2.76 bits per heavy atom. The molecule has 4 N–H and O–H groups in total. The Bertz CT molecular complexity index is 1230. The number of thiophene rings is 1. The van der Waals surface area contributed by atoms with E-state index >= 15 is 0 Å². The van der Waals surface area contributed by atoms with E-state index in [1.165, 1.54) is 11.7 Å². The maximum atomic E-state index is 14.8. The molecule has 8 nitrogen and oxygen atoms in total. The van der Waals surface area contributed by atoms with Crippen LogP contribution in [0.5, 0.6) is 0 Å². The van der Waals surface area contributed by atoms with E-state index in [2.05, 4.69) is 20.0 Å². The average Bonchev–Trinajstić information content (AvgIpc) is 3.34. The van der Waals surface area contributed by atoms with Crippen molar-refractivity contribution in [1.82, 2.24) is 9.97 Å². The van der Waals surface area contributed by atoms with Crippen LogP contribution in [0, 0.1) is 17.6 Å². The zero-order valence-electron chi connectivity index (χ0n) is 14.8. The molecular formula is C17H15F2N5O3S2. The first-order valence-electron chi connectivity index (χ1n) is 8.52. The third kappa shape index (κ3) is 3.98. The van der Waals surface area contributed by atoms with Crippen molar-refractivity contribution in [2.75, 3.05) is 21.5 Å². The van der Waals surface area contributed by atoms with Gasteiger partial charge in [-0.3, -0.25) is 9.52 Å². The minimum Gasteiger partial charge on any atom is -0.382 e. The summed E-state index contributed by atoms with van der Waals surface area (Å²) in [5.74, 6) is -2.97. The SMILES string of the molecule is Nc1ncnc2c(C(=O)Nc3c(F)ccc(NS(=O)(=O)CC4CC4)c3F)csc12. The van der Waals surface area contributed by atoms with Gasteiger partial charge in [-0.05, 0) is 30.9 Å². The summed E-state index contributed by atoms with van der Waals surface area (Å²) in [6.45, 7) is 0. The normalized spacial score (nSPS) is 14.1. The molecule has 1 amide bonds. The van der Waals surface area contributed by atoms with E-state index < -0.39 is 38.9 Å². The fourth-order valence-corrected chi connectivity index (χ4v) is 5.19. The fraction of sp³-hybridized carbons (Fsp3) is 0.235. The highest BCUT2D eigenvalue weighted by atomic mass is 32.2. The Labute approximate surface area is 168 Å². The smallest absolute Gasteiger partial charge is 0.258 e. The number of nitrogens with one attached hydrogen (secondary N) is 2. The molecule has 0 aliphatic heterocycles. The molecule has 152 valence electrons. The van der Waals surface area contributed by atoms with Gasteiger partial charge < -0.3 is 11.1 Å². The number of sulfonamides is 1. The van der Waals surface area contributed by atoms with E-state index in [4.69, 9.17) is 5.73 Å². The molecule has 4 rings (SSSR count). The van der Waals surface area contributed by atoms with Gasteiger partial charge in [0, 0.05) is 5.38 Å². The van der Waals surface area contributed by atoms with Crippen LogP contribution in [0.25, 0.3) is 10.2 Å². The molecular weight excluding hydrogens is 424 g/mol. The second-order valence-corrected chi connectivity index (χ2v) is 9.30. The van der Waals surface area contributed by atoms with E-state index in [1.807, 2.05) is 0 Å². The lowest BCUT2D eigenvalue weighted by Gasteiger charge is -2.13. The monoisotopic (exact) mass is 439 g/mol. The summed E-state index contributed by atoms with van der Waals surface area (Å²) in [6, 6.07) is 1.85. The minimum absolute atomic E-state index is 0.0523. The highest BCUT2D eigenvalue weighted by Gasteiger charge is 2.29. The van der Waals surface area contributed by atoms with Gasteiger partial charge in [0.1, 0.15) is 23.6 Å². The van der Waals surface area contributed by atoms with E-state index in [0.29, 0.717) is 4.70 Å². The second-order valence-electron chi connectivity index (χ2n) is 6.65. The molecule has 1 aliphatic carbocycles. The number of rotatable bonds is 6. The highest BCUT2D eigenvalue weighted by molar-refractivity contribution is 7.92. The van der Waals surface area contributed by atoms with E-state index in [-0.39, 0.29) is 28.6 Å². The first-order valence-corrected chi connectivity index (χ1v) is 11.1. The lowest BCUT2D eigenvalue weighted by molar-refractivity contribution is 0.102. The fourth-order valence-electron chi connectivity index (χ4n) is 2.76. The van der Waals surface area contributed by atoms with Crippen LogP contribution >= 0.6 is 11.3 Å². The van der Waals surface area contributed by atoms with Crippen molar-refractivity contribution >= 4 is 54.7 Å². The number of nitrogens with zero attached hydrogens (tertiary/aromatic N) is 2. The lowest BCUT2D eigenvalue weighted by atomic mass is 10.2. The largest absolute Gasteiger partial charge is 0.382 e. The Balaban J connectivity index is 1.62. The first kappa shape index (κ1) is 19.5. The van der Waals surface area contributed by atoms with Gasteiger partial charge >= 0.3 is 0 Å². The summed E-state index contributed by atoms with van der Waals surface area (Å²) in [6.07, 6.45) is 2.78. The Hall–Kier alpha value is -2.86. The molecule has 0 saturated heterocycles. The standard InChI is InChI=1S/C17H15F2N5O3S2/c18-10-3-4-11(24-29(26,27)6-8-1-2-8)12(19)14(10)23-17(25)9-5-28-15-13(9)21-7-22-16(15)20/h3-5,7-8,24H,1-2,6H2,(H,23,25)(H2,20,21,22). The summed E-state index contributed by atoms with van der Waals surface area (Å²) < 4.78 is 55.8. The van der Waals surface area contributed by atoms with Crippen LogP contribution < -0.4 is 15.8 Å². The molecule has 1 aromatic carbocycles. The molecule has 1 fully saturated rings. The minimum atomic E-state index is -3.78. The summed E-state index contributed by atoms with van der Waals surface area (Å²) in [7, 11) is -3.78. The Morgan fingerprint density at radius 2 is 2.03 bits per heavy atom. The number of fused-ring (bicyclic) bond motifs is 1. The van der Waals surface area contributed by atoms with Crippen molar-refractivity contribution in [3.8, 4) is 0 Å². The molecule has 3 aromatic rings. The van der Waals surface area contributed by atoms with Crippen LogP contribution in [0.15, 0.2) is 23.8 Å². The number of aromatic nitrogens is 2. The third-order valence-corrected chi connectivity index (χ3v) is 6.81. The number of amides is 1. The maximum absolute atomic E-state index is 14.8. The number of nitrogens with two attached hydrogens (primary N) is 1. The van der Waals surface area contributed by atoms with Crippen molar-refractivity contribution in [1.29, 1.82) is 0 Å². The molecule has 0 radical (unpaired) electrons. The van der Waals surface area contributed by atoms with Crippen molar-refractivity contribution in [3.63, 3.8) is 0 Å². The zero-order valence-corrected chi connectivity index (χ0v) is 16.4. The van der Waals surface area contributed by atoms with Gasteiger partial charge in [-0.25, -0.2) is 27.2 Å². The average molecular weight is 439 g/mol. The third-order valence-electron chi connectivity index (χ3n) is 4.37. The van der Waals surface area contributed by atoms with Gasteiger partial charge in [0.15, 0.2) is 5.82 Å². The summed E-state index contributed by atoms with van der Waals surface area (Å²) in [5.41, 5.74) is 4.85.